The van der Waals surface area contributed by atoms with Crippen LogP contribution in [-0.4, -0.2) is 48.5 Å². The molecule has 4 amide bonds. The number of carbonyl (C=O) groups excluding carboxylic acids is 4. The first kappa shape index (κ1) is 21.7. The lowest BCUT2D eigenvalue weighted by atomic mass is 10.1. The Bertz CT molecular complexity index is 1170. The molecule has 2 N–H and O–H groups in total. The first-order valence-corrected chi connectivity index (χ1v) is 11.9. The summed E-state index contributed by atoms with van der Waals surface area (Å²) in [6.07, 6.45) is 0.469. The lowest BCUT2D eigenvalue weighted by molar-refractivity contribution is -0.122. The van der Waals surface area contributed by atoms with E-state index in [-0.39, 0.29) is 47.8 Å². The zero-order chi connectivity index (χ0) is 22.9. The van der Waals surface area contributed by atoms with Crippen LogP contribution < -0.4 is 10.9 Å². The predicted octanol–water partition coefficient (Wildman–Crippen LogP) is 1.07. The number of amides is 4. The highest BCUT2D eigenvalue weighted by Crippen LogP contribution is 2.24. The van der Waals surface area contributed by atoms with Gasteiger partial charge in [0.1, 0.15) is 0 Å². The summed E-state index contributed by atoms with van der Waals surface area (Å²) in [4.78, 5) is 50.3. The van der Waals surface area contributed by atoms with Crippen molar-refractivity contribution in [3.05, 3.63) is 70.8 Å². The molecule has 10 heteroatoms. The quantitative estimate of drug-likeness (QED) is 0.512. The molecule has 1 fully saturated rings. The zero-order valence-corrected chi connectivity index (χ0v) is 17.9. The van der Waals surface area contributed by atoms with Crippen molar-refractivity contribution in [3.63, 3.8) is 0 Å². The number of nitrogens with zero attached hydrogens (tertiary/aromatic N) is 1. The van der Waals surface area contributed by atoms with E-state index < -0.39 is 21.7 Å². The van der Waals surface area contributed by atoms with Crippen molar-refractivity contribution >= 4 is 33.5 Å². The van der Waals surface area contributed by atoms with E-state index in [9.17, 15) is 27.6 Å². The van der Waals surface area contributed by atoms with Crippen LogP contribution in [0.3, 0.4) is 0 Å². The third kappa shape index (κ3) is 4.54. The smallest absolute Gasteiger partial charge is 0.269 e. The minimum Gasteiger partial charge on any atom is -0.273 e. The van der Waals surface area contributed by atoms with Crippen molar-refractivity contribution in [2.45, 2.75) is 19.4 Å². The second kappa shape index (κ2) is 8.54. The molecule has 2 aliphatic heterocycles. The SMILES string of the molecule is O=C(C[C@@H]1CCS(=O)(=O)C1)NNC(=O)c1ccc(CN2C(=O)c3ccccc3C2=O)cc1. The fraction of sp³-hybridized carbons (Fsp3) is 0.273. The second-order valence-electron chi connectivity index (χ2n) is 7.91. The Morgan fingerprint density at radius 2 is 1.56 bits per heavy atom. The first-order valence-electron chi connectivity index (χ1n) is 10.1. The van der Waals surface area contributed by atoms with E-state index in [1.165, 1.54) is 12.1 Å². The van der Waals surface area contributed by atoms with E-state index in [2.05, 4.69) is 10.9 Å². The van der Waals surface area contributed by atoms with Crippen LogP contribution in [0, 0.1) is 5.92 Å². The molecular weight excluding hydrogens is 434 g/mol. The highest BCUT2D eigenvalue weighted by atomic mass is 32.2. The number of hydrogen-bond donors (Lipinski definition) is 2. The summed E-state index contributed by atoms with van der Waals surface area (Å²) in [5.74, 6) is -1.87. The lowest BCUT2D eigenvalue weighted by Crippen LogP contribution is -2.42. The van der Waals surface area contributed by atoms with Gasteiger partial charge < -0.3 is 0 Å². The molecule has 0 aliphatic carbocycles. The normalized spacial score (nSPS) is 19.0. The third-order valence-corrected chi connectivity index (χ3v) is 7.39. The topological polar surface area (TPSA) is 130 Å². The number of imide groups is 1. The summed E-state index contributed by atoms with van der Waals surface area (Å²) in [5, 5.41) is 0. The molecule has 0 aromatic heterocycles. The van der Waals surface area contributed by atoms with Gasteiger partial charge in [-0.05, 0) is 42.2 Å². The summed E-state index contributed by atoms with van der Waals surface area (Å²) < 4.78 is 22.9. The minimum absolute atomic E-state index is 0.0110. The number of hydrazine groups is 1. The highest BCUT2D eigenvalue weighted by molar-refractivity contribution is 7.91. The Morgan fingerprint density at radius 1 is 0.938 bits per heavy atom. The molecule has 2 aromatic rings. The molecule has 1 atom stereocenters. The van der Waals surface area contributed by atoms with E-state index in [4.69, 9.17) is 0 Å². The van der Waals surface area contributed by atoms with Gasteiger partial charge in [0, 0.05) is 12.0 Å². The van der Waals surface area contributed by atoms with Gasteiger partial charge in [0.05, 0.1) is 29.2 Å². The molecule has 0 unspecified atom stereocenters. The fourth-order valence-corrected chi connectivity index (χ4v) is 5.73. The van der Waals surface area contributed by atoms with Crippen molar-refractivity contribution < 1.29 is 27.6 Å². The van der Waals surface area contributed by atoms with Gasteiger partial charge in [-0.2, -0.15) is 0 Å². The van der Waals surface area contributed by atoms with Crippen LogP contribution in [0.5, 0.6) is 0 Å². The lowest BCUT2D eigenvalue weighted by Gasteiger charge is -2.14. The summed E-state index contributed by atoms with van der Waals surface area (Å²) in [7, 11) is -3.06. The molecule has 32 heavy (non-hydrogen) atoms. The van der Waals surface area contributed by atoms with Gasteiger partial charge in [0.2, 0.25) is 5.91 Å². The van der Waals surface area contributed by atoms with E-state index in [1.54, 1.807) is 36.4 Å². The molecule has 9 nitrogen and oxygen atoms in total. The Kier molecular flexibility index (Phi) is 5.79. The maximum atomic E-state index is 12.5. The summed E-state index contributed by atoms with van der Waals surface area (Å²) in [6.45, 7) is 0.0786. The van der Waals surface area contributed by atoms with Crippen molar-refractivity contribution in [1.82, 2.24) is 15.8 Å². The van der Waals surface area contributed by atoms with Crippen LogP contribution in [0.15, 0.2) is 48.5 Å². The number of rotatable bonds is 5. The van der Waals surface area contributed by atoms with Gasteiger partial charge in [0.25, 0.3) is 17.7 Å². The Morgan fingerprint density at radius 3 is 2.12 bits per heavy atom. The molecule has 0 spiro atoms. The largest absolute Gasteiger partial charge is 0.273 e. The molecular formula is C22H21N3O6S. The maximum absolute atomic E-state index is 12.5. The molecule has 0 saturated carbocycles. The fourth-order valence-electron chi connectivity index (χ4n) is 3.87. The van der Waals surface area contributed by atoms with Gasteiger partial charge in [-0.15, -0.1) is 0 Å². The van der Waals surface area contributed by atoms with Crippen molar-refractivity contribution in [2.24, 2.45) is 5.92 Å². The van der Waals surface area contributed by atoms with Crippen LogP contribution >= 0.6 is 0 Å². The van der Waals surface area contributed by atoms with Gasteiger partial charge in [-0.1, -0.05) is 24.3 Å². The van der Waals surface area contributed by atoms with E-state index >= 15 is 0 Å². The minimum atomic E-state index is -3.06. The summed E-state index contributed by atoms with van der Waals surface area (Å²) in [5.41, 5.74) is 6.30. The van der Waals surface area contributed by atoms with Crippen LogP contribution in [-0.2, 0) is 21.2 Å². The highest BCUT2D eigenvalue weighted by Gasteiger charge is 2.35. The molecule has 166 valence electrons. The second-order valence-corrected chi connectivity index (χ2v) is 10.1. The van der Waals surface area contributed by atoms with E-state index in [0.717, 1.165) is 4.90 Å². The van der Waals surface area contributed by atoms with Gasteiger partial charge in [-0.25, -0.2) is 8.42 Å². The number of benzene rings is 2. The standard InChI is InChI=1S/C22H21N3O6S/c26-19(11-15-9-10-32(30,31)13-15)23-24-20(27)16-7-5-14(6-8-16)12-25-21(28)17-3-1-2-4-18(17)22(25)29/h1-8,15H,9-13H2,(H,23,26)(H,24,27)/t15-/m0/s1. The number of fused-ring (bicyclic) bond motifs is 1. The third-order valence-electron chi connectivity index (χ3n) is 5.55. The molecule has 0 radical (unpaired) electrons. The molecule has 4 rings (SSSR count). The Balaban J connectivity index is 1.30. The molecule has 1 saturated heterocycles. The van der Waals surface area contributed by atoms with Crippen LogP contribution in [0.1, 0.15) is 49.5 Å². The monoisotopic (exact) mass is 455 g/mol. The van der Waals surface area contributed by atoms with E-state index in [1.807, 2.05) is 0 Å². The molecule has 0 bridgehead atoms. The van der Waals surface area contributed by atoms with E-state index in [0.29, 0.717) is 23.1 Å². The summed E-state index contributed by atoms with van der Waals surface area (Å²) >= 11 is 0. The average molecular weight is 455 g/mol. The number of nitrogens with one attached hydrogen (secondary N) is 2. The van der Waals surface area contributed by atoms with Crippen LogP contribution in [0.4, 0.5) is 0 Å². The van der Waals surface area contributed by atoms with Crippen molar-refractivity contribution in [2.75, 3.05) is 11.5 Å². The molecule has 2 aromatic carbocycles. The van der Waals surface area contributed by atoms with Gasteiger partial charge in [0.15, 0.2) is 9.84 Å². The predicted molar refractivity (Wildman–Crippen MR) is 114 cm³/mol. The number of sulfone groups is 1. The maximum Gasteiger partial charge on any atom is 0.269 e. The van der Waals surface area contributed by atoms with Gasteiger partial charge in [-0.3, -0.25) is 34.9 Å². The zero-order valence-electron chi connectivity index (χ0n) is 17.0. The molecule has 2 heterocycles. The van der Waals surface area contributed by atoms with Crippen molar-refractivity contribution in [1.29, 1.82) is 0 Å². The van der Waals surface area contributed by atoms with Crippen LogP contribution in [0.25, 0.3) is 0 Å². The Labute approximate surface area is 184 Å². The van der Waals surface area contributed by atoms with Crippen LogP contribution in [0.2, 0.25) is 0 Å². The molecule has 2 aliphatic rings. The van der Waals surface area contributed by atoms with Crippen molar-refractivity contribution in [3.8, 4) is 0 Å². The average Bonchev–Trinajstić information content (AvgIpc) is 3.24. The Hall–Kier alpha value is -3.53. The number of carbonyl (C=O) groups is 4. The summed E-state index contributed by atoms with van der Waals surface area (Å²) in [6, 6.07) is 12.9. The van der Waals surface area contributed by atoms with Gasteiger partial charge >= 0.3 is 0 Å². The first-order chi connectivity index (χ1) is 15.2. The number of hydrogen-bond acceptors (Lipinski definition) is 6.